The zero-order valence-electron chi connectivity index (χ0n) is 17.4. The van der Waals surface area contributed by atoms with Gasteiger partial charge in [-0.05, 0) is 6.42 Å². The van der Waals surface area contributed by atoms with Crippen LogP contribution in [-0.4, -0.2) is 39.5 Å². The number of unbranched alkanes of at least 4 members (excludes halogenated alkanes) is 12. The molecule has 168 valence electrons. The molecule has 0 rings (SSSR count). The van der Waals surface area contributed by atoms with E-state index in [0.717, 1.165) is 12.8 Å². The van der Waals surface area contributed by atoms with Gasteiger partial charge in [0.15, 0.2) is 0 Å². The number of carbonyl (C=O) groups is 1. The van der Waals surface area contributed by atoms with E-state index in [1.807, 2.05) is 0 Å². The Kier molecular flexibility index (Phi) is 17.1. The third-order valence-corrected chi connectivity index (χ3v) is 5.69. The van der Waals surface area contributed by atoms with Crippen molar-refractivity contribution < 1.29 is 33.4 Å². The highest BCUT2D eigenvalue weighted by Crippen LogP contribution is 2.44. The summed E-state index contributed by atoms with van der Waals surface area (Å²) < 4.78 is 28.6. The molecule has 0 aliphatic heterocycles. The molecular formula is C20H40FO6P. The molecule has 0 fully saturated rings. The van der Waals surface area contributed by atoms with Crippen molar-refractivity contribution in [1.82, 2.24) is 0 Å². The third kappa shape index (κ3) is 17.6. The van der Waals surface area contributed by atoms with Gasteiger partial charge in [-0.15, -0.1) is 0 Å². The molecule has 0 heterocycles. The van der Waals surface area contributed by atoms with Gasteiger partial charge in [0.1, 0.15) is 6.61 Å². The number of aliphatic hydroxyl groups is 1. The zero-order valence-corrected chi connectivity index (χ0v) is 18.3. The lowest BCUT2D eigenvalue weighted by Crippen LogP contribution is -2.22. The van der Waals surface area contributed by atoms with E-state index in [0.29, 0.717) is 6.42 Å². The minimum absolute atomic E-state index is 0.238. The van der Waals surface area contributed by atoms with Crippen molar-refractivity contribution in [3.8, 4) is 0 Å². The van der Waals surface area contributed by atoms with Crippen LogP contribution in [0.1, 0.15) is 103 Å². The van der Waals surface area contributed by atoms with Crippen molar-refractivity contribution in [2.75, 3.05) is 6.61 Å². The van der Waals surface area contributed by atoms with Crippen LogP contribution in [0.2, 0.25) is 0 Å². The van der Waals surface area contributed by atoms with E-state index >= 15 is 0 Å². The Labute approximate surface area is 169 Å². The van der Waals surface area contributed by atoms with Gasteiger partial charge in [0.05, 0.1) is 6.10 Å². The summed E-state index contributed by atoms with van der Waals surface area (Å²) in [5, 5.41) is 9.46. The van der Waals surface area contributed by atoms with Crippen LogP contribution in [0, 0.1) is 0 Å². The molecule has 6 nitrogen and oxygen atoms in total. The lowest BCUT2D eigenvalue weighted by molar-refractivity contribution is -0.147. The van der Waals surface area contributed by atoms with Crippen LogP contribution in [0.5, 0.6) is 0 Å². The predicted molar refractivity (Wildman–Crippen MR) is 109 cm³/mol. The first-order valence-corrected chi connectivity index (χ1v) is 12.5. The summed E-state index contributed by atoms with van der Waals surface area (Å²) in [4.78, 5) is 28.8. The number of carbonyl (C=O) groups excluding carboxylic acids is 1. The van der Waals surface area contributed by atoms with Gasteiger partial charge in [-0.3, -0.25) is 9.36 Å². The number of ether oxygens (including phenoxy) is 1. The van der Waals surface area contributed by atoms with Crippen molar-refractivity contribution in [1.29, 1.82) is 0 Å². The number of hydrogen-bond acceptors (Lipinski definition) is 4. The molecule has 0 radical (unpaired) electrons. The van der Waals surface area contributed by atoms with E-state index in [9.17, 15) is 18.9 Å². The van der Waals surface area contributed by atoms with Gasteiger partial charge in [-0.25, -0.2) is 4.39 Å². The fraction of sp³-hybridized carbons (Fsp3) is 0.950. The number of alkyl halides is 1. The molecule has 0 aromatic heterocycles. The molecule has 0 spiro atoms. The highest BCUT2D eigenvalue weighted by Gasteiger charge is 2.31. The third-order valence-electron chi connectivity index (χ3n) is 4.75. The number of hydrogen-bond donors (Lipinski definition) is 3. The van der Waals surface area contributed by atoms with Crippen LogP contribution < -0.4 is 0 Å². The Hall–Kier alpha value is -0.490. The van der Waals surface area contributed by atoms with Crippen LogP contribution in [0.15, 0.2) is 0 Å². The van der Waals surface area contributed by atoms with Gasteiger partial charge in [0.2, 0.25) is 5.91 Å². The Balaban J connectivity index is 3.43. The molecule has 0 aliphatic rings. The normalized spacial score (nSPS) is 14.0. The molecule has 0 aliphatic carbocycles. The second-order valence-corrected chi connectivity index (χ2v) is 9.33. The number of aliphatic hydroxyl groups excluding tert-OH is 1. The fourth-order valence-corrected chi connectivity index (χ4v) is 3.50. The highest BCUT2D eigenvalue weighted by atomic mass is 31.2. The van der Waals surface area contributed by atoms with E-state index < -0.39 is 38.6 Å². The Morgan fingerprint density at radius 3 is 1.75 bits per heavy atom. The van der Waals surface area contributed by atoms with Gasteiger partial charge < -0.3 is 19.6 Å². The smallest absolute Gasteiger partial charge is 0.359 e. The maximum Gasteiger partial charge on any atom is 0.359 e. The Morgan fingerprint density at radius 1 is 0.893 bits per heavy atom. The SMILES string of the molecule is CCCCCCCCCCCCCCCC(=O)OC[C@H](O)CC(F)P(=O)(O)O. The van der Waals surface area contributed by atoms with E-state index in [4.69, 9.17) is 14.5 Å². The first-order valence-electron chi connectivity index (χ1n) is 10.8. The lowest BCUT2D eigenvalue weighted by atomic mass is 10.0. The molecule has 0 aromatic rings. The molecule has 8 heteroatoms. The minimum Gasteiger partial charge on any atom is -0.463 e. The van der Waals surface area contributed by atoms with Gasteiger partial charge in [-0.1, -0.05) is 84.0 Å². The monoisotopic (exact) mass is 426 g/mol. The second kappa shape index (κ2) is 17.4. The fourth-order valence-electron chi connectivity index (χ4n) is 2.98. The first-order chi connectivity index (χ1) is 13.3. The molecule has 0 saturated heterocycles. The molecule has 0 amide bonds. The van der Waals surface area contributed by atoms with Crippen LogP contribution >= 0.6 is 7.60 Å². The van der Waals surface area contributed by atoms with E-state index in [-0.39, 0.29) is 6.42 Å². The summed E-state index contributed by atoms with van der Waals surface area (Å²) >= 11 is 0. The summed E-state index contributed by atoms with van der Waals surface area (Å²) in [5.41, 5.74) is 0. The first kappa shape index (κ1) is 27.5. The summed E-state index contributed by atoms with van der Waals surface area (Å²) in [6, 6.07) is 0. The molecule has 0 aromatic carbocycles. The largest absolute Gasteiger partial charge is 0.463 e. The van der Waals surface area contributed by atoms with Crippen molar-refractivity contribution in [2.24, 2.45) is 0 Å². The van der Waals surface area contributed by atoms with Crippen LogP contribution in [-0.2, 0) is 14.1 Å². The summed E-state index contributed by atoms with van der Waals surface area (Å²) in [5.74, 6) is -2.92. The molecule has 28 heavy (non-hydrogen) atoms. The zero-order chi connectivity index (χ0) is 21.3. The molecular weight excluding hydrogens is 386 g/mol. The topological polar surface area (TPSA) is 104 Å². The second-order valence-electron chi connectivity index (χ2n) is 7.59. The van der Waals surface area contributed by atoms with E-state index in [2.05, 4.69) is 6.92 Å². The van der Waals surface area contributed by atoms with Crippen molar-refractivity contribution in [3.05, 3.63) is 0 Å². The molecule has 0 saturated carbocycles. The minimum atomic E-state index is -4.87. The number of rotatable bonds is 19. The van der Waals surface area contributed by atoms with Crippen molar-refractivity contribution >= 4 is 13.6 Å². The van der Waals surface area contributed by atoms with Gasteiger partial charge in [0, 0.05) is 12.8 Å². The molecule has 1 unspecified atom stereocenters. The summed E-state index contributed by atoms with van der Waals surface area (Å²) in [7, 11) is -4.87. The average molecular weight is 427 g/mol. The Morgan fingerprint density at radius 2 is 1.32 bits per heavy atom. The maximum atomic E-state index is 13.1. The van der Waals surface area contributed by atoms with Gasteiger partial charge in [0.25, 0.3) is 0 Å². The van der Waals surface area contributed by atoms with Crippen LogP contribution in [0.25, 0.3) is 0 Å². The average Bonchev–Trinajstić information content (AvgIpc) is 2.63. The van der Waals surface area contributed by atoms with Gasteiger partial charge >= 0.3 is 13.6 Å². The predicted octanol–water partition coefficient (Wildman–Crippen LogP) is 5.24. The number of halogens is 1. The summed E-state index contributed by atoms with van der Waals surface area (Å²) in [6.45, 7) is 1.78. The van der Waals surface area contributed by atoms with Gasteiger partial charge in [-0.2, -0.15) is 0 Å². The van der Waals surface area contributed by atoms with Crippen molar-refractivity contribution in [2.45, 2.75) is 115 Å². The molecule has 2 atom stereocenters. The lowest BCUT2D eigenvalue weighted by Gasteiger charge is -2.15. The maximum absolute atomic E-state index is 13.1. The number of esters is 1. The van der Waals surface area contributed by atoms with Crippen LogP contribution in [0.4, 0.5) is 4.39 Å². The van der Waals surface area contributed by atoms with E-state index in [1.54, 1.807) is 0 Å². The van der Waals surface area contributed by atoms with Crippen LogP contribution in [0.3, 0.4) is 0 Å². The summed E-state index contributed by atoms with van der Waals surface area (Å²) in [6.07, 6.45) is 13.8. The Bertz CT molecular complexity index is 429. The highest BCUT2D eigenvalue weighted by molar-refractivity contribution is 7.52. The standard InChI is InChI=1S/C20H40FO6P/c1-2-3-4-5-6-7-8-9-10-11-12-13-14-15-20(23)27-17-18(22)16-19(21)28(24,25)26/h18-19,22H,2-17H2,1H3,(H2,24,25,26)/t18-,19?/m1/s1. The van der Waals surface area contributed by atoms with Crippen molar-refractivity contribution in [3.63, 3.8) is 0 Å². The molecule has 3 N–H and O–H groups in total. The molecule has 0 bridgehead atoms. The van der Waals surface area contributed by atoms with E-state index in [1.165, 1.54) is 64.2 Å². The quantitative estimate of drug-likeness (QED) is 0.148.